The lowest BCUT2D eigenvalue weighted by Gasteiger charge is -2.16. The van der Waals surface area contributed by atoms with E-state index in [2.05, 4.69) is 15.6 Å². The molecule has 0 saturated carbocycles. The van der Waals surface area contributed by atoms with Gasteiger partial charge in [0, 0.05) is 31.2 Å². The van der Waals surface area contributed by atoms with Crippen LogP contribution in [0.1, 0.15) is 19.5 Å². The normalized spacial score (nSPS) is 12.6. The number of hydrogen-bond acceptors (Lipinski definition) is 4. The molecule has 6 heteroatoms. The molecule has 132 valence electrons. The summed E-state index contributed by atoms with van der Waals surface area (Å²) in [4.78, 5) is 17.5. The highest BCUT2D eigenvalue weighted by atomic mass is 35.5. The number of dihydropyridines is 1. The van der Waals surface area contributed by atoms with Crippen LogP contribution in [0.3, 0.4) is 0 Å². The molecule has 0 radical (unpaired) electrons. The van der Waals surface area contributed by atoms with Crippen LogP contribution < -0.4 is 16.2 Å². The monoisotopic (exact) mass is 358 g/mol. The number of aromatic nitrogens is 2. The molecule has 1 aromatic carbocycles. The van der Waals surface area contributed by atoms with Crippen LogP contribution >= 0.6 is 11.6 Å². The summed E-state index contributed by atoms with van der Waals surface area (Å²) in [6.45, 7) is 4.71. The molecule has 0 atom stereocenters. The van der Waals surface area contributed by atoms with Gasteiger partial charge in [0.05, 0.1) is 11.3 Å². The number of rotatable bonds is 3. The highest BCUT2D eigenvalue weighted by Crippen LogP contribution is 2.28. The SMILES string of the molecule is CC.CNc1nc(C2=CCNC=C2)c(-c2ccc(Cl)cc2)c(=O)n1C. The van der Waals surface area contributed by atoms with Gasteiger partial charge in [-0.2, -0.15) is 0 Å². The molecular formula is C19H23ClN4O. The standard InChI is InChI=1S/C17H17ClN4O.C2H6/c1-19-17-21-15(12-7-9-20-10-8-12)14(16(23)22(17)2)11-3-5-13(18)6-4-11;1-2/h3-9,20H,10H2,1-2H3,(H,19,21);1-2H3. The van der Waals surface area contributed by atoms with Crippen LogP contribution in [-0.2, 0) is 7.05 Å². The molecule has 0 aliphatic carbocycles. The molecule has 25 heavy (non-hydrogen) atoms. The minimum Gasteiger partial charge on any atom is -0.387 e. The fourth-order valence-electron chi connectivity index (χ4n) is 2.54. The van der Waals surface area contributed by atoms with E-state index in [1.54, 1.807) is 26.2 Å². The Morgan fingerprint density at radius 3 is 2.48 bits per heavy atom. The lowest BCUT2D eigenvalue weighted by atomic mass is 9.99. The Labute approximate surface area is 153 Å². The van der Waals surface area contributed by atoms with Crippen molar-refractivity contribution < 1.29 is 0 Å². The number of nitrogens with one attached hydrogen (secondary N) is 2. The number of nitrogens with zero attached hydrogens (tertiary/aromatic N) is 2. The van der Waals surface area contributed by atoms with E-state index >= 15 is 0 Å². The van der Waals surface area contributed by atoms with Crippen molar-refractivity contribution >= 4 is 23.1 Å². The van der Waals surface area contributed by atoms with E-state index < -0.39 is 0 Å². The van der Waals surface area contributed by atoms with Crippen LogP contribution in [0.5, 0.6) is 0 Å². The number of halogens is 1. The first-order valence-electron chi connectivity index (χ1n) is 8.27. The maximum Gasteiger partial charge on any atom is 0.263 e. The second kappa shape index (κ2) is 8.53. The second-order valence-electron chi connectivity index (χ2n) is 5.18. The molecule has 5 nitrogen and oxygen atoms in total. The first kappa shape index (κ1) is 18.8. The Balaban J connectivity index is 0.00000109. The summed E-state index contributed by atoms with van der Waals surface area (Å²) in [6, 6.07) is 7.24. The van der Waals surface area contributed by atoms with Gasteiger partial charge in [0.25, 0.3) is 5.56 Å². The van der Waals surface area contributed by atoms with E-state index in [0.29, 0.717) is 28.8 Å². The smallest absolute Gasteiger partial charge is 0.263 e. The van der Waals surface area contributed by atoms with Crippen molar-refractivity contribution in [2.45, 2.75) is 13.8 Å². The van der Waals surface area contributed by atoms with Crippen molar-refractivity contribution in [1.29, 1.82) is 0 Å². The maximum absolute atomic E-state index is 12.9. The van der Waals surface area contributed by atoms with E-state index in [0.717, 1.165) is 11.1 Å². The van der Waals surface area contributed by atoms with Crippen molar-refractivity contribution in [3.63, 3.8) is 0 Å². The molecule has 0 unspecified atom stereocenters. The largest absolute Gasteiger partial charge is 0.387 e. The van der Waals surface area contributed by atoms with Gasteiger partial charge >= 0.3 is 0 Å². The molecular weight excluding hydrogens is 336 g/mol. The van der Waals surface area contributed by atoms with Gasteiger partial charge in [0.15, 0.2) is 0 Å². The zero-order chi connectivity index (χ0) is 18.4. The Kier molecular flexibility index (Phi) is 6.42. The van der Waals surface area contributed by atoms with E-state index in [-0.39, 0.29) is 5.56 Å². The van der Waals surface area contributed by atoms with Crippen molar-refractivity contribution in [2.24, 2.45) is 7.05 Å². The third-order valence-corrected chi connectivity index (χ3v) is 3.99. The Morgan fingerprint density at radius 2 is 1.92 bits per heavy atom. The van der Waals surface area contributed by atoms with Crippen LogP contribution in [0, 0.1) is 0 Å². The minimum atomic E-state index is -0.102. The van der Waals surface area contributed by atoms with Gasteiger partial charge in [-0.05, 0) is 30.0 Å². The van der Waals surface area contributed by atoms with E-state index in [1.807, 2.05) is 44.3 Å². The van der Waals surface area contributed by atoms with Crippen LogP contribution in [0.25, 0.3) is 16.7 Å². The molecule has 0 amide bonds. The second-order valence-corrected chi connectivity index (χ2v) is 5.62. The quantitative estimate of drug-likeness (QED) is 0.878. The lowest BCUT2D eigenvalue weighted by molar-refractivity contribution is 0.833. The molecule has 0 spiro atoms. The van der Waals surface area contributed by atoms with E-state index in [1.165, 1.54) is 4.57 Å². The summed E-state index contributed by atoms with van der Waals surface area (Å²) in [5.41, 5.74) is 2.85. The van der Waals surface area contributed by atoms with Crippen LogP contribution in [0.15, 0.2) is 47.4 Å². The molecule has 3 rings (SSSR count). The molecule has 0 bridgehead atoms. The highest BCUT2D eigenvalue weighted by molar-refractivity contribution is 6.30. The number of hydrogen-bond donors (Lipinski definition) is 2. The number of allylic oxidation sites excluding steroid dienone is 2. The third-order valence-electron chi connectivity index (χ3n) is 3.74. The fourth-order valence-corrected chi connectivity index (χ4v) is 2.67. The molecule has 0 saturated heterocycles. The molecule has 2 heterocycles. The predicted octanol–water partition coefficient (Wildman–Crippen LogP) is 3.67. The Morgan fingerprint density at radius 1 is 1.24 bits per heavy atom. The summed E-state index contributed by atoms with van der Waals surface area (Å²) >= 11 is 5.97. The average Bonchev–Trinajstić information content (AvgIpc) is 2.67. The molecule has 2 aromatic rings. The minimum absolute atomic E-state index is 0.102. The summed E-state index contributed by atoms with van der Waals surface area (Å²) in [6.07, 6.45) is 5.80. The molecule has 1 aliphatic rings. The van der Waals surface area contributed by atoms with Crippen LogP contribution in [0.2, 0.25) is 5.02 Å². The zero-order valence-electron chi connectivity index (χ0n) is 14.9. The highest BCUT2D eigenvalue weighted by Gasteiger charge is 2.18. The van der Waals surface area contributed by atoms with E-state index in [9.17, 15) is 4.79 Å². The van der Waals surface area contributed by atoms with Crippen LogP contribution in [-0.4, -0.2) is 23.1 Å². The lowest BCUT2D eigenvalue weighted by Crippen LogP contribution is -2.25. The van der Waals surface area contributed by atoms with Crippen molar-refractivity contribution in [2.75, 3.05) is 18.9 Å². The van der Waals surface area contributed by atoms with Crippen molar-refractivity contribution in [3.05, 3.63) is 63.7 Å². The van der Waals surface area contributed by atoms with Gasteiger partial charge in [-0.25, -0.2) is 4.98 Å². The summed E-state index contributed by atoms with van der Waals surface area (Å²) < 4.78 is 1.51. The third kappa shape index (κ3) is 3.94. The molecule has 2 N–H and O–H groups in total. The van der Waals surface area contributed by atoms with Crippen molar-refractivity contribution in [3.8, 4) is 11.1 Å². The Hall–Kier alpha value is -2.53. The van der Waals surface area contributed by atoms with Crippen LogP contribution in [0.4, 0.5) is 5.95 Å². The molecule has 1 aliphatic heterocycles. The zero-order valence-corrected chi connectivity index (χ0v) is 15.7. The average molecular weight is 359 g/mol. The van der Waals surface area contributed by atoms with Gasteiger partial charge in [-0.15, -0.1) is 0 Å². The first-order valence-corrected chi connectivity index (χ1v) is 8.65. The van der Waals surface area contributed by atoms with Gasteiger partial charge in [0.1, 0.15) is 0 Å². The number of benzene rings is 1. The summed E-state index contributed by atoms with van der Waals surface area (Å²) in [7, 11) is 3.46. The van der Waals surface area contributed by atoms with Gasteiger partial charge in [-0.1, -0.05) is 43.7 Å². The summed E-state index contributed by atoms with van der Waals surface area (Å²) in [5, 5.41) is 6.70. The van der Waals surface area contributed by atoms with Gasteiger partial charge in [0.2, 0.25) is 5.95 Å². The Bertz CT molecular complexity index is 851. The van der Waals surface area contributed by atoms with E-state index in [4.69, 9.17) is 11.6 Å². The molecule has 1 aromatic heterocycles. The van der Waals surface area contributed by atoms with Crippen molar-refractivity contribution in [1.82, 2.24) is 14.9 Å². The molecule has 0 fully saturated rings. The number of anilines is 1. The topological polar surface area (TPSA) is 59.0 Å². The predicted molar refractivity (Wildman–Crippen MR) is 106 cm³/mol. The van der Waals surface area contributed by atoms with Gasteiger partial charge in [-0.3, -0.25) is 9.36 Å². The maximum atomic E-state index is 12.9. The van der Waals surface area contributed by atoms with Gasteiger partial charge < -0.3 is 10.6 Å². The summed E-state index contributed by atoms with van der Waals surface area (Å²) in [5.74, 6) is 0.524. The fraction of sp³-hybridized carbons (Fsp3) is 0.263. The first-order chi connectivity index (χ1) is 12.1.